The number of ether oxygens (including phenoxy) is 1. The predicted molar refractivity (Wildman–Crippen MR) is 150 cm³/mol. The van der Waals surface area contributed by atoms with Crippen LogP contribution in [0.3, 0.4) is 0 Å². The van der Waals surface area contributed by atoms with E-state index in [2.05, 4.69) is 30.6 Å². The summed E-state index contributed by atoms with van der Waals surface area (Å²) in [6.07, 6.45) is 1.64. The molecule has 39 heavy (non-hydrogen) atoms. The first-order chi connectivity index (χ1) is 19.1. The molecule has 1 atom stereocenters. The average molecular weight is 522 g/mol. The van der Waals surface area contributed by atoms with Gasteiger partial charge < -0.3 is 25.3 Å². The van der Waals surface area contributed by atoms with Crippen LogP contribution in [-0.2, 0) is 9.53 Å². The molecule has 196 valence electrons. The first-order valence-electron chi connectivity index (χ1n) is 12.3. The Labute approximate surface area is 225 Å². The predicted octanol–water partition coefficient (Wildman–Crippen LogP) is 4.17. The van der Waals surface area contributed by atoms with E-state index in [1.807, 2.05) is 65.6 Å². The Bertz CT molecular complexity index is 1550. The maximum atomic E-state index is 13.3. The number of aromatic nitrogens is 4. The highest BCUT2D eigenvalue weighted by Gasteiger charge is 2.26. The summed E-state index contributed by atoms with van der Waals surface area (Å²) < 4.78 is 5.05. The van der Waals surface area contributed by atoms with Gasteiger partial charge in [-0.15, -0.1) is 0 Å². The second kappa shape index (κ2) is 11.4. The zero-order valence-electron chi connectivity index (χ0n) is 21.5. The standard InChI is InChI=1S/C29H27N7O3/c1-30-29-31-16-15-23(35-29)26-32-22-14-13-19(17-24(22)33-26)27(37)34-25(28(38)39-2)18-36(20-9-5-3-6-10-20)21-11-7-4-8-12-21/h3-17,25H,18H2,1-2H3,(H,32,33)(H,34,37)(H,30,31,35)/t25-/m0/s1. The molecular weight excluding hydrogens is 494 g/mol. The van der Waals surface area contributed by atoms with E-state index in [-0.39, 0.29) is 6.54 Å². The van der Waals surface area contributed by atoms with E-state index in [9.17, 15) is 9.59 Å². The van der Waals surface area contributed by atoms with Gasteiger partial charge in [-0.2, -0.15) is 0 Å². The second-order valence-electron chi connectivity index (χ2n) is 8.66. The summed E-state index contributed by atoms with van der Waals surface area (Å²) in [5.41, 5.74) is 4.07. The summed E-state index contributed by atoms with van der Waals surface area (Å²) >= 11 is 0. The summed E-state index contributed by atoms with van der Waals surface area (Å²) in [5, 5.41) is 5.75. The lowest BCUT2D eigenvalue weighted by molar-refractivity contribution is -0.142. The van der Waals surface area contributed by atoms with Gasteiger partial charge in [-0.05, 0) is 48.5 Å². The van der Waals surface area contributed by atoms with Crippen molar-refractivity contribution in [2.24, 2.45) is 0 Å². The SMILES string of the molecule is CNc1nccc(-c2nc3cc(C(=O)N[C@@H](CN(c4ccccc4)c4ccccc4)C(=O)OC)ccc3[nH]2)n1. The third-order valence-corrected chi connectivity index (χ3v) is 6.16. The number of anilines is 3. The summed E-state index contributed by atoms with van der Waals surface area (Å²) in [5.74, 6) is 0.0575. The zero-order valence-corrected chi connectivity index (χ0v) is 21.5. The number of fused-ring (bicyclic) bond motifs is 1. The van der Waals surface area contributed by atoms with Crippen molar-refractivity contribution in [3.63, 3.8) is 0 Å². The van der Waals surface area contributed by atoms with Gasteiger partial charge in [-0.3, -0.25) is 4.79 Å². The van der Waals surface area contributed by atoms with Crippen molar-refractivity contribution in [1.29, 1.82) is 0 Å². The molecule has 3 aromatic carbocycles. The molecule has 10 nitrogen and oxygen atoms in total. The van der Waals surface area contributed by atoms with Crippen LogP contribution in [0, 0.1) is 0 Å². The fourth-order valence-electron chi connectivity index (χ4n) is 4.20. The van der Waals surface area contributed by atoms with E-state index >= 15 is 0 Å². The molecule has 5 rings (SSSR count). The number of amides is 1. The fraction of sp³-hybridized carbons (Fsp3) is 0.138. The van der Waals surface area contributed by atoms with Gasteiger partial charge in [0.05, 0.1) is 24.7 Å². The number of carbonyl (C=O) groups is 2. The topological polar surface area (TPSA) is 125 Å². The van der Waals surface area contributed by atoms with Crippen molar-refractivity contribution in [3.8, 4) is 11.5 Å². The van der Waals surface area contributed by atoms with Crippen LogP contribution >= 0.6 is 0 Å². The molecule has 2 aromatic heterocycles. The van der Waals surface area contributed by atoms with Gasteiger partial charge in [0.15, 0.2) is 5.82 Å². The molecular formula is C29H27N7O3. The number of hydrogen-bond acceptors (Lipinski definition) is 8. The number of esters is 1. The van der Waals surface area contributed by atoms with E-state index in [1.54, 1.807) is 37.5 Å². The highest BCUT2D eigenvalue weighted by atomic mass is 16.5. The molecule has 3 N–H and O–H groups in total. The molecule has 5 aromatic rings. The minimum absolute atomic E-state index is 0.169. The van der Waals surface area contributed by atoms with Crippen molar-refractivity contribution >= 4 is 40.2 Å². The normalized spacial score (nSPS) is 11.5. The Hall–Kier alpha value is -5.25. The highest BCUT2D eigenvalue weighted by Crippen LogP contribution is 2.25. The molecule has 0 aliphatic rings. The van der Waals surface area contributed by atoms with Gasteiger partial charge in [0.1, 0.15) is 11.7 Å². The Kier molecular flexibility index (Phi) is 7.44. The molecule has 0 aliphatic carbocycles. The minimum atomic E-state index is -0.936. The Morgan fingerprint density at radius 2 is 1.64 bits per heavy atom. The van der Waals surface area contributed by atoms with Gasteiger partial charge in [-0.25, -0.2) is 19.7 Å². The molecule has 0 unspecified atom stereocenters. The first-order valence-corrected chi connectivity index (χ1v) is 12.3. The van der Waals surface area contributed by atoms with Crippen molar-refractivity contribution in [1.82, 2.24) is 25.3 Å². The molecule has 2 heterocycles. The number of para-hydroxylation sites is 2. The van der Waals surface area contributed by atoms with E-state index in [0.29, 0.717) is 28.5 Å². The van der Waals surface area contributed by atoms with Crippen LogP contribution in [-0.4, -0.2) is 58.6 Å². The number of methoxy groups -OCH3 is 1. The van der Waals surface area contributed by atoms with Crippen molar-refractivity contribution in [3.05, 3.63) is 96.7 Å². The number of carbonyl (C=O) groups excluding carboxylic acids is 2. The number of rotatable bonds is 9. The van der Waals surface area contributed by atoms with Crippen LogP contribution < -0.4 is 15.5 Å². The summed E-state index contributed by atoms with van der Waals surface area (Å²) in [4.78, 5) is 44.5. The largest absolute Gasteiger partial charge is 0.467 e. The molecule has 0 bridgehead atoms. The average Bonchev–Trinajstić information content (AvgIpc) is 3.43. The molecule has 1 amide bonds. The summed E-state index contributed by atoms with van der Waals surface area (Å²) in [6.45, 7) is 0.169. The number of imidazole rings is 1. The first kappa shape index (κ1) is 25.4. The van der Waals surface area contributed by atoms with Gasteiger partial charge >= 0.3 is 5.97 Å². The number of H-pyrrole nitrogens is 1. The third kappa shape index (κ3) is 5.69. The third-order valence-electron chi connectivity index (χ3n) is 6.16. The maximum absolute atomic E-state index is 13.3. The van der Waals surface area contributed by atoms with Crippen molar-refractivity contribution in [2.45, 2.75) is 6.04 Å². The molecule has 0 saturated carbocycles. The summed E-state index contributed by atoms with van der Waals surface area (Å²) in [7, 11) is 3.05. The Morgan fingerprint density at radius 1 is 0.949 bits per heavy atom. The van der Waals surface area contributed by atoms with Crippen molar-refractivity contribution < 1.29 is 14.3 Å². The zero-order chi connectivity index (χ0) is 27.2. The lowest BCUT2D eigenvalue weighted by atomic mass is 10.1. The van der Waals surface area contributed by atoms with Crippen LogP contribution in [0.25, 0.3) is 22.6 Å². The molecule has 0 saturated heterocycles. The number of nitrogens with zero attached hydrogens (tertiary/aromatic N) is 4. The fourth-order valence-corrected chi connectivity index (χ4v) is 4.20. The van der Waals surface area contributed by atoms with E-state index in [0.717, 1.165) is 16.9 Å². The molecule has 0 aliphatic heterocycles. The monoisotopic (exact) mass is 521 g/mol. The number of hydrogen-bond donors (Lipinski definition) is 3. The maximum Gasteiger partial charge on any atom is 0.330 e. The van der Waals surface area contributed by atoms with Crippen LogP contribution in [0.1, 0.15) is 10.4 Å². The second-order valence-corrected chi connectivity index (χ2v) is 8.66. The quantitative estimate of drug-likeness (QED) is 0.247. The lowest BCUT2D eigenvalue weighted by Gasteiger charge is -2.29. The van der Waals surface area contributed by atoms with Gasteiger partial charge in [-0.1, -0.05) is 36.4 Å². The highest BCUT2D eigenvalue weighted by molar-refractivity contribution is 5.99. The molecule has 0 fully saturated rings. The lowest BCUT2D eigenvalue weighted by Crippen LogP contribution is -2.48. The summed E-state index contributed by atoms with van der Waals surface area (Å²) in [6, 6.07) is 25.3. The Balaban J connectivity index is 1.40. The van der Waals surface area contributed by atoms with E-state index < -0.39 is 17.9 Å². The van der Waals surface area contributed by atoms with Gasteiger partial charge in [0.2, 0.25) is 5.95 Å². The van der Waals surface area contributed by atoms with Gasteiger partial charge in [0.25, 0.3) is 5.91 Å². The minimum Gasteiger partial charge on any atom is -0.467 e. The molecule has 0 radical (unpaired) electrons. The number of nitrogens with one attached hydrogen (secondary N) is 3. The van der Waals surface area contributed by atoms with Crippen molar-refractivity contribution in [2.75, 3.05) is 30.9 Å². The number of aromatic amines is 1. The molecule has 0 spiro atoms. The van der Waals surface area contributed by atoms with E-state index in [1.165, 1.54) is 7.11 Å². The van der Waals surface area contributed by atoms with Crippen LogP contribution in [0.5, 0.6) is 0 Å². The smallest absolute Gasteiger partial charge is 0.330 e. The van der Waals surface area contributed by atoms with Crippen LogP contribution in [0.2, 0.25) is 0 Å². The molecule has 10 heteroatoms. The number of benzene rings is 3. The van der Waals surface area contributed by atoms with Crippen LogP contribution in [0.15, 0.2) is 91.1 Å². The Morgan fingerprint density at radius 3 is 2.28 bits per heavy atom. The van der Waals surface area contributed by atoms with Crippen LogP contribution in [0.4, 0.5) is 17.3 Å². The van der Waals surface area contributed by atoms with Gasteiger partial charge in [0, 0.05) is 30.2 Å². The van der Waals surface area contributed by atoms with E-state index in [4.69, 9.17) is 4.74 Å².